The second-order valence-corrected chi connectivity index (χ2v) is 4.95. The minimum Gasteiger partial charge on any atom is -0.377 e. The lowest BCUT2D eigenvalue weighted by molar-refractivity contribution is 0.0935. The summed E-state index contributed by atoms with van der Waals surface area (Å²) in [4.78, 5) is 11.5. The monoisotopic (exact) mass is 272 g/mol. The maximum Gasteiger partial charge on any atom is 0.148 e. The van der Waals surface area contributed by atoms with Crippen LogP contribution < -0.4 is 10.2 Å². The molecular weight excluding hydrogens is 252 g/mol. The number of fused-ring (bicyclic) bond motifs is 1. The van der Waals surface area contributed by atoms with E-state index < -0.39 is 0 Å². The van der Waals surface area contributed by atoms with Crippen LogP contribution >= 0.6 is 0 Å². The van der Waals surface area contributed by atoms with Crippen molar-refractivity contribution in [2.45, 2.75) is 13.0 Å². The smallest absolute Gasteiger partial charge is 0.148 e. The summed E-state index contributed by atoms with van der Waals surface area (Å²) in [6, 6.07) is 8.29. The highest BCUT2D eigenvalue weighted by molar-refractivity contribution is 5.75. The fourth-order valence-corrected chi connectivity index (χ4v) is 2.52. The van der Waals surface area contributed by atoms with E-state index in [-0.39, 0.29) is 0 Å². The lowest BCUT2D eigenvalue weighted by atomic mass is 10.2. The Kier molecular flexibility index (Phi) is 4.08. The van der Waals surface area contributed by atoms with Crippen LogP contribution in [-0.2, 0) is 4.74 Å². The Hall–Kier alpha value is -1.72. The molecule has 1 N–H and O–H groups in total. The van der Waals surface area contributed by atoms with Gasteiger partial charge in [-0.2, -0.15) is 0 Å². The van der Waals surface area contributed by atoms with Gasteiger partial charge in [0.15, 0.2) is 0 Å². The molecule has 1 atom stereocenters. The maximum atomic E-state index is 5.59. The number of hydrogen-bond donors (Lipinski definition) is 1. The van der Waals surface area contributed by atoms with Crippen LogP contribution in [0.15, 0.2) is 30.5 Å². The van der Waals surface area contributed by atoms with Gasteiger partial charge in [-0.15, -0.1) is 0 Å². The molecule has 1 aliphatic rings. The molecule has 0 aliphatic carbocycles. The molecule has 0 bridgehead atoms. The van der Waals surface area contributed by atoms with Gasteiger partial charge in [0.05, 0.1) is 36.5 Å². The molecule has 0 amide bonds. The highest BCUT2D eigenvalue weighted by Crippen LogP contribution is 2.19. The van der Waals surface area contributed by atoms with Crippen molar-refractivity contribution < 1.29 is 4.74 Å². The van der Waals surface area contributed by atoms with E-state index in [4.69, 9.17) is 9.72 Å². The summed E-state index contributed by atoms with van der Waals surface area (Å²) in [6.07, 6.45) is 1.87. The Labute approximate surface area is 119 Å². The number of likely N-dealkylation sites (N-methyl/N-ethyl adjacent to an activating group) is 1. The first-order chi connectivity index (χ1) is 9.88. The molecule has 3 rings (SSSR count). The first-order valence-electron chi connectivity index (χ1n) is 7.15. The molecule has 1 aromatic heterocycles. The van der Waals surface area contributed by atoms with Gasteiger partial charge in [-0.05, 0) is 18.7 Å². The van der Waals surface area contributed by atoms with Gasteiger partial charge in [-0.3, -0.25) is 4.98 Å². The van der Waals surface area contributed by atoms with E-state index in [1.54, 1.807) is 0 Å². The summed E-state index contributed by atoms with van der Waals surface area (Å²) in [5.41, 5.74) is 1.88. The zero-order valence-electron chi connectivity index (χ0n) is 11.7. The van der Waals surface area contributed by atoms with Crippen LogP contribution in [0.5, 0.6) is 0 Å². The lowest BCUT2D eigenvalue weighted by Crippen LogP contribution is -2.51. The molecule has 106 valence electrons. The summed E-state index contributed by atoms with van der Waals surface area (Å²) < 4.78 is 5.59. The summed E-state index contributed by atoms with van der Waals surface area (Å²) >= 11 is 0. The molecule has 5 heteroatoms. The molecule has 2 aromatic rings. The fraction of sp³-hybridized carbons (Fsp3) is 0.467. The Bertz CT molecular complexity index is 575. The molecule has 2 heterocycles. The summed E-state index contributed by atoms with van der Waals surface area (Å²) in [5, 5.41) is 3.39. The second-order valence-electron chi connectivity index (χ2n) is 4.95. The predicted molar refractivity (Wildman–Crippen MR) is 80.0 cm³/mol. The third kappa shape index (κ3) is 2.73. The molecule has 0 spiro atoms. The molecule has 1 unspecified atom stereocenters. The average molecular weight is 272 g/mol. The van der Waals surface area contributed by atoms with Gasteiger partial charge in [0.1, 0.15) is 5.82 Å². The predicted octanol–water partition coefficient (Wildman–Crippen LogP) is 1.44. The number of anilines is 1. The van der Waals surface area contributed by atoms with Crippen LogP contribution in [0.25, 0.3) is 11.0 Å². The van der Waals surface area contributed by atoms with Crippen LogP contribution in [-0.4, -0.2) is 48.9 Å². The number of aromatic nitrogens is 2. The normalized spacial score (nSPS) is 19.4. The van der Waals surface area contributed by atoms with E-state index in [1.165, 1.54) is 0 Å². The van der Waals surface area contributed by atoms with Crippen molar-refractivity contribution in [3.05, 3.63) is 30.5 Å². The van der Waals surface area contributed by atoms with Crippen LogP contribution in [0, 0.1) is 0 Å². The van der Waals surface area contributed by atoms with E-state index in [1.807, 2.05) is 30.5 Å². The zero-order valence-corrected chi connectivity index (χ0v) is 11.7. The molecule has 1 aliphatic heterocycles. The van der Waals surface area contributed by atoms with Gasteiger partial charge in [0.2, 0.25) is 0 Å². The average Bonchev–Trinajstić information content (AvgIpc) is 2.53. The van der Waals surface area contributed by atoms with Gasteiger partial charge in [0.25, 0.3) is 0 Å². The number of ether oxygens (including phenoxy) is 1. The molecule has 0 saturated carbocycles. The minimum atomic E-state index is 0.319. The van der Waals surface area contributed by atoms with E-state index in [9.17, 15) is 0 Å². The molecule has 5 nitrogen and oxygen atoms in total. The zero-order chi connectivity index (χ0) is 13.8. The molecular formula is C15H20N4O. The van der Waals surface area contributed by atoms with Crippen LogP contribution in [0.1, 0.15) is 6.92 Å². The number of benzene rings is 1. The minimum absolute atomic E-state index is 0.319. The topological polar surface area (TPSA) is 50.3 Å². The summed E-state index contributed by atoms with van der Waals surface area (Å²) in [6.45, 7) is 6.34. The first kappa shape index (κ1) is 13.3. The van der Waals surface area contributed by atoms with Gasteiger partial charge < -0.3 is 15.0 Å². The molecule has 20 heavy (non-hydrogen) atoms. The van der Waals surface area contributed by atoms with E-state index in [2.05, 4.69) is 22.1 Å². The molecule has 1 aromatic carbocycles. The van der Waals surface area contributed by atoms with Gasteiger partial charge in [0, 0.05) is 13.1 Å². The molecule has 0 radical (unpaired) electrons. The van der Waals surface area contributed by atoms with Crippen molar-refractivity contribution in [2.75, 3.05) is 37.7 Å². The van der Waals surface area contributed by atoms with Crippen LogP contribution in [0.4, 0.5) is 5.82 Å². The highest BCUT2D eigenvalue weighted by atomic mass is 16.5. The van der Waals surface area contributed by atoms with Crippen LogP contribution in [0.2, 0.25) is 0 Å². The van der Waals surface area contributed by atoms with Gasteiger partial charge in [-0.1, -0.05) is 19.1 Å². The second kappa shape index (κ2) is 6.15. The van der Waals surface area contributed by atoms with Gasteiger partial charge >= 0.3 is 0 Å². The third-order valence-electron chi connectivity index (χ3n) is 3.59. The van der Waals surface area contributed by atoms with E-state index in [0.29, 0.717) is 6.04 Å². The lowest BCUT2D eigenvalue weighted by Gasteiger charge is -2.36. The number of hydrogen-bond acceptors (Lipinski definition) is 5. The van der Waals surface area contributed by atoms with Crippen molar-refractivity contribution in [1.82, 2.24) is 15.3 Å². The van der Waals surface area contributed by atoms with Gasteiger partial charge in [-0.25, -0.2) is 4.98 Å². The Morgan fingerprint density at radius 2 is 2.20 bits per heavy atom. The number of para-hydroxylation sites is 2. The van der Waals surface area contributed by atoms with Crippen molar-refractivity contribution in [3.63, 3.8) is 0 Å². The fourth-order valence-electron chi connectivity index (χ4n) is 2.52. The quantitative estimate of drug-likeness (QED) is 0.913. The molecule has 1 fully saturated rings. The van der Waals surface area contributed by atoms with Crippen LogP contribution in [0.3, 0.4) is 0 Å². The number of nitrogens with one attached hydrogen (secondary N) is 1. The number of morpholine rings is 1. The molecule has 1 saturated heterocycles. The first-order valence-corrected chi connectivity index (χ1v) is 7.15. The Morgan fingerprint density at radius 3 is 3.05 bits per heavy atom. The Morgan fingerprint density at radius 1 is 1.35 bits per heavy atom. The van der Waals surface area contributed by atoms with Crippen molar-refractivity contribution >= 4 is 16.9 Å². The summed E-state index contributed by atoms with van der Waals surface area (Å²) in [7, 11) is 0. The van der Waals surface area contributed by atoms with Crippen molar-refractivity contribution in [1.29, 1.82) is 0 Å². The highest BCUT2D eigenvalue weighted by Gasteiger charge is 2.24. The van der Waals surface area contributed by atoms with E-state index in [0.717, 1.165) is 49.7 Å². The van der Waals surface area contributed by atoms with Crippen molar-refractivity contribution in [3.8, 4) is 0 Å². The van der Waals surface area contributed by atoms with E-state index >= 15 is 0 Å². The standard InChI is InChI=1S/C15H20N4O/c1-2-16-9-12-11-20-8-7-19(12)15-10-17-13-5-3-4-6-14(13)18-15/h3-6,10,12,16H,2,7-9,11H2,1H3. The Balaban J connectivity index is 1.86. The summed E-state index contributed by atoms with van der Waals surface area (Å²) in [5.74, 6) is 0.940. The van der Waals surface area contributed by atoms with Crippen molar-refractivity contribution in [2.24, 2.45) is 0 Å². The number of nitrogens with zero attached hydrogens (tertiary/aromatic N) is 3. The third-order valence-corrected chi connectivity index (χ3v) is 3.59. The largest absolute Gasteiger partial charge is 0.377 e. The number of rotatable bonds is 4. The maximum absolute atomic E-state index is 5.59. The SMILES string of the molecule is CCNCC1COCCN1c1cnc2ccccc2n1.